The van der Waals surface area contributed by atoms with E-state index in [4.69, 9.17) is 4.74 Å². The molecule has 0 amide bonds. The lowest BCUT2D eigenvalue weighted by atomic mass is 10.1. The molecule has 0 aliphatic rings. The Morgan fingerprint density at radius 3 is 2.45 bits per heavy atom. The average Bonchev–Trinajstić information content (AvgIpc) is 3.31. The van der Waals surface area contributed by atoms with Gasteiger partial charge in [0, 0.05) is 24.9 Å². The smallest absolute Gasteiger partial charge is 0.159 e. The summed E-state index contributed by atoms with van der Waals surface area (Å²) in [4.78, 5) is 10.5. The Bertz CT molecular complexity index is 854. The second-order valence-electron chi connectivity index (χ2n) is 7.62. The minimum absolute atomic E-state index is 0.115. The molecule has 0 aliphatic heterocycles. The van der Waals surface area contributed by atoms with Crippen molar-refractivity contribution in [2.45, 2.75) is 63.9 Å². The molecule has 0 aliphatic carbocycles. The summed E-state index contributed by atoms with van der Waals surface area (Å²) in [7, 11) is -1.21. The Morgan fingerprint density at radius 1 is 1.23 bits per heavy atom. The highest BCUT2D eigenvalue weighted by atomic mass is 32.2. The molecule has 2 unspecified atom stereocenters. The third-order valence-corrected chi connectivity index (χ3v) is 6.11. The van der Waals surface area contributed by atoms with Crippen LogP contribution in [0.25, 0.3) is 11.3 Å². The predicted octanol–water partition coefficient (Wildman–Crippen LogP) is 6.12. The molecule has 1 N–H and O–H groups in total. The third kappa shape index (κ3) is 7.10. The second kappa shape index (κ2) is 13.2. The molecule has 2 aromatic rings. The molecule has 0 spiro atoms. The number of hydrogen-bond acceptors (Lipinski definition) is 4. The number of aromatic nitrogens is 2. The third-order valence-electron chi connectivity index (χ3n) is 5.19. The molecule has 170 valence electrons. The Labute approximate surface area is 190 Å². The summed E-state index contributed by atoms with van der Waals surface area (Å²) < 4.78 is 19.3. The Morgan fingerprint density at radius 2 is 1.94 bits per heavy atom. The molecule has 31 heavy (non-hydrogen) atoms. The zero-order chi connectivity index (χ0) is 22.6. The molecule has 0 fully saturated rings. The van der Waals surface area contributed by atoms with E-state index >= 15 is 0 Å². The van der Waals surface area contributed by atoms with Crippen LogP contribution >= 0.6 is 0 Å². The van der Waals surface area contributed by atoms with Crippen molar-refractivity contribution in [1.82, 2.24) is 9.97 Å². The van der Waals surface area contributed by atoms with Crippen LogP contribution in [0.5, 0.6) is 5.75 Å². The number of aromatic amines is 1. The molecule has 0 saturated carbocycles. The van der Waals surface area contributed by atoms with Crippen molar-refractivity contribution in [3.63, 3.8) is 0 Å². The van der Waals surface area contributed by atoms with E-state index < -0.39 is 10.8 Å². The molecule has 1 aromatic carbocycles. The number of nitrogens with zero attached hydrogens (tertiary/aromatic N) is 2. The number of imidazole rings is 1. The lowest BCUT2D eigenvalue weighted by Gasteiger charge is -2.30. The van der Waals surface area contributed by atoms with Gasteiger partial charge in [0.25, 0.3) is 0 Å². The zero-order valence-corrected chi connectivity index (χ0v) is 20.2. The van der Waals surface area contributed by atoms with E-state index in [1.54, 1.807) is 24.9 Å². The highest BCUT2D eigenvalue weighted by molar-refractivity contribution is 7.84. The van der Waals surface area contributed by atoms with E-state index in [0.29, 0.717) is 4.90 Å². The number of anilines is 1. The van der Waals surface area contributed by atoms with Crippen molar-refractivity contribution in [2.24, 2.45) is 0 Å². The number of hydrogen-bond donors (Lipinski definition) is 1. The molecule has 1 aromatic heterocycles. The standard InChI is InChI=1S/C25H37N3O2S/c1-6-10-13-21(9-4)30-25-23(28(14-11-7-2)15-12-8-3)16-20(17-24(25)31(5)29)22-18-26-19-27-22/h6,10,13,16-19,21H,1,7-9,11-12,14-15H2,2-5H3,(H,26,27)/b13-10-. The van der Waals surface area contributed by atoms with Crippen molar-refractivity contribution < 1.29 is 8.95 Å². The summed E-state index contributed by atoms with van der Waals surface area (Å²) >= 11 is 0. The lowest BCUT2D eigenvalue weighted by Crippen LogP contribution is -2.27. The van der Waals surface area contributed by atoms with Gasteiger partial charge in [-0.15, -0.1) is 0 Å². The molecule has 0 radical (unpaired) electrons. The summed E-state index contributed by atoms with van der Waals surface area (Å²) in [6.45, 7) is 12.1. The van der Waals surface area contributed by atoms with Crippen LogP contribution < -0.4 is 9.64 Å². The highest BCUT2D eigenvalue weighted by Crippen LogP contribution is 2.40. The van der Waals surface area contributed by atoms with Gasteiger partial charge in [-0.3, -0.25) is 4.21 Å². The SMILES string of the molecule is C=C/C=C\C(CC)Oc1c(N(CCCC)CCCC)cc(-c2cnc[nH]2)cc1S(C)=O. The van der Waals surface area contributed by atoms with Gasteiger partial charge >= 0.3 is 0 Å². The molecule has 0 saturated heterocycles. The maximum absolute atomic E-state index is 12.8. The summed E-state index contributed by atoms with van der Waals surface area (Å²) in [6.07, 6.45) is 16.0. The monoisotopic (exact) mass is 443 g/mol. The topological polar surface area (TPSA) is 58.2 Å². The quantitative estimate of drug-likeness (QED) is 0.357. The van der Waals surface area contributed by atoms with Gasteiger partial charge in [0.05, 0.1) is 39.6 Å². The van der Waals surface area contributed by atoms with E-state index in [-0.39, 0.29) is 6.10 Å². The number of unbranched alkanes of at least 4 members (excludes halogenated alkanes) is 2. The molecular formula is C25H37N3O2S. The van der Waals surface area contributed by atoms with E-state index in [2.05, 4.69) is 48.3 Å². The zero-order valence-electron chi connectivity index (χ0n) is 19.4. The van der Waals surface area contributed by atoms with Crippen LogP contribution in [0.2, 0.25) is 0 Å². The molecule has 1 heterocycles. The highest BCUT2D eigenvalue weighted by Gasteiger charge is 2.22. The van der Waals surface area contributed by atoms with Crippen LogP contribution in [0.4, 0.5) is 5.69 Å². The van der Waals surface area contributed by atoms with Gasteiger partial charge in [-0.1, -0.05) is 52.3 Å². The van der Waals surface area contributed by atoms with Crippen molar-refractivity contribution in [3.05, 3.63) is 49.5 Å². The minimum atomic E-state index is -1.21. The van der Waals surface area contributed by atoms with Gasteiger partial charge in [-0.2, -0.15) is 0 Å². The van der Waals surface area contributed by atoms with Gasteiger partial charge in [0.15, 0.2) is 5.75 Å². The first-order chi connectivity index (χ1) is 15.0. The van der Waals surface area contributed by atoms with Gasteiger partial charge in [0.2, 0.25) is 0 Å². The second-order valence-corrected chi connectivity index (χ2v) is 8.97. The van der Waals surface area contributed by atoms with Crippen molar-refractivity contribution >= 4 is 16.5 Å². The molecule has 2 rings (SSSR count). The fourth-order valence-corrected chi connectivity index (χ4v) is 4.09. The van der Waals surface area contributed by atoms with Crippen LogP contribution in [0.3, 0.4) is 0 Å². The fourth-order valence-electron chi connectivity index (χ4n) is 3.39. The summed E-state index contributed by atoms with van der Waals surface area (Å²) in [5.41, 5.74) is 2.88. The van der Waals surface area contributed by atoms with E-state index in [0.717, 1.165) is 67.9 Å². The average molecular weight is 444 g/mol. The van der Waals surface area contributed by atoms with Crippen molar-refractivity contribution in [3.8, 4) is 17.0 Å². The first-order valence-electron chi connectivity index (χ1n) is 11.3. The van der Waals surface area contributed by atoms with Crippen LogP contribution in [0, 0.1) is 0 Å². The van der Waals surface area contributed by atoms with Crippen LogP contribution in [-0.2, 0) is 10.8 Å². The van der Waals surface area contributed by atoms with Gasteiger partial charge < -0.3 is 14.6 Å². The first-order valence-corrected chi connectivity index (χ1v) is 12.8. The van der Waals surface area contributed by atoms with Gasteiger partial charge in [0.1, 0.15) is 6.10 Å². The van der Waals surface area contributed by atoms with Crippen molar-refractivity contribution in [1.29, 1.82) is 0 Å². The number of ether oxygens (including phenoxy) is 1. The molecule has 0 bridgehead atoms. The number of benzene rings is 1. The van der Waals surface area contributed by atoms with Gasteiger partial charge in [-0.05, 0) is 37.5 Å². The summed E-state index contributed by atoms with van der Waals surface area (Å²) in [6, 6.07) is 4.11. The molecule has 5 nitrogen and oxygen atoms in total. The van der Waals surface area contributed by atoms with Crippen LogP contribution in [0.15, 0.2) is 54.4 Å². The lowest BCUT2D eigenvalue weighted by molar-refractivity contribution is 0.239. The number of nitrogens with one attached hydrogen (secondary N) is 1. The predicted molar refractivity (Wildman–Crippen MR) is 132 cm³/mol. The number of allylic oxidation sites excluding steroid dienone is 2. The van der Waals surface area contributed by atoms with E-state index in [1.165, 1.54) is 0 Å². The van der Waals surface area contributed by atoms with Crippen LogP contribution in [-0.4, -0.2) is 39.6 Å². The Balaban J connectivity index is 2.65. The Hall–Kier alpha value is -2.34. The van der Waals surface area contributed by atoms with Crippen LogP contribution in [0.1, 0.15) is 52.9 Å². The van der Waals surface area contributed by atoms with E-state index in [9.17, 15) is 4.21 Å². The largest absolute Gasteiger partial charge is 0.483 e. The maximum Gasteiger partial charge on any atom is 0.159 e. The summed E-state index contributed by atoms with van der Waals surface area (Å²) in [5.74, 6) is 0.719. The van der Waals surface area contributed by atoms with E-state index in [1.807, 2.05) is 18.2 Å². The number of H-pyrrole nitrogens is 1. The molecule has 6 heteroatoms. The Kier molecular flexibility index (Phi) is 10.6. The summed E-state index contributed by atoms with van der Waals surface area (Å²) in [5, 5.41) is 0. The molecule has 2 atom stereocenters. The minimum Gasteiger partial charge on any atom is -0.483 e. The van der Waals surface area contributed by atoms with Gasteiger partial charge in [-0.25, -0.2) is 4.98 Å². The normalized spacial score (nSPS) is 13.3. The molecular weight excluding hydrogens is 406 g/mol. The maximum atomic E-state index is 12.8. The first kappa shape index (κ1) is 24.9. The number of rotatable bonds is 14. The fraction of sp³-hybridized carbons (Fsp3) is 0.480. The van der Waals surface area contributed by atoms with Crippen molar-refractivity contribution in [2.75, 3.05) is 24.2 Å².